The summed E-state index contributed by atoms with van der Waals surface area (Å²) in [5.74, 6) is 0.378. The summed E-state index contributed by atoms with van der Waals surface area (Å²) in [5, 5.41) is 3.06. The monoisotopic (exact) mass is 290 g/mol. The van der Waals surface area contributed by atoms with Gasteiger partial charge in [0.15, 0.2) is 0 Å². The van der Waals surface area contributed by atoms with E-state index in [0.717, 1.165) is 19.5 Å². The number of nitrogens with zero attached hydrogens (tertiary/aromatic N) is 1. The first kappa shape index (κ1) is 16.0. The molecule has 1 N–H and O–H groups in total. The van der Waals surface area contributed by atoms with E-state index in [1.54, 1.807) is 0 Å². The number of ether oxygens (including phenoxy) is 1. The van der Waals surface area contributed by atoms with Gasteiger partial charge in [-0.15, -0.1) is 0 Å². The molecule has 0 spiro atoms. The molecule has 21 heavy (non-hydrogen) atoms. The van der Waals surface area contributed by atoms with Crippen LogP contribution in [0.15, 0.2) is 30.3 Å². The highest BCUT2D eigenvalue weighted by molar-refractivity contribution is 5.81. The van der Waals surface area contributed by atoms with Gasteiger partial charge in [-0.1, -0.05) is 44.2 Å². The Bertz CT molecular complexity index is 436. The molecule has 1 heterocycles. The van der Waals surface area contributed by atoms with Crippen LogP contribution < -0.4 is 5.32 Å². The Hall–Kier alpha value is -1.39. The average Bonchev–Trinajstić information content (AvgIpc) is 2.56. The van der Waals surface area contributed by atoms with Gasteiger partial charge in [0, 0.05) is 25.6 Å². The molecule has 0 bridgehead atoms. The maximum atomic E-state index is 12.2. The quantitative estimate of drug-likeness (QED) is 0.871. The molecule has 0 aliphatic carbocycles. The van der Waals surface area contributed by atoms with Crippen LogP contribution in [0, 0.1) is 0 Å². The topological polar surface area (TPSA) is 41.6 Å². The third-order valence-corrected chi connectivity index (χ3v) is 4.18. The van der Waals surface area contributed by atoms with Crippen molar-refractivity contribution in [2.24, 2.45) is 0 Å². The van der Waals surface area contributed by atoms with Gasteiger partial charge in [0.25, 0.3) is 0 Å². The van der Waals surface area contributed by atoms with Crippen molar-refractivity contribution in [1.29, 1.82) is 0 Å². The van der Waals surface area contributed by atoms with Gasteiger partial charge in [-0.05, 0) is 18.5 Å². The van der Waals surface area contributed by atoms with Crippen molar-refractivity contribution in [1.82, 2.24) is 10.2 Å². The number of hydrogen-bond acceptors (Lipinski definition) is 3. The van der Waals surface area contributed by atoms with Crippen molar-refractivity contribution in [3.05, 3.63) is 35.9 Å². The summed E-state index contributed by atoms with van der Waals surface area (Å²) in [4.78, 5) is 14.5. The van der Waals surface area contributed by atoms with Gasteiger partial charge in [-0.2, -0.15) is 0 Å². The fourth-order valence-electron chi connectivity index (χ4n) is 2.71. The number of rotatable bonds is 6. The molecule has 1 aliphatic heterocycles. The Labute approximate surface area is 127 Å². The molecule has 116 valence electrons. The minimum absolute atomic E-state index is 0.0162. The number of carbonyl (C=O) groups is 1. The summed E-state index contributed by atoms with van der Waals surface area (Å²) in [7, 11) is 0. The zero-order valence-electron chi connectivity index (χ0n) is 13.0. The predicted molar refractivity (Wildman–Crippen MR) is 84.3 cm³/mol. The minimum atomic E-state index is -0.327. The zero-order valence-corrected chi connectivity index (χ0v) is 13.0. The first-order chi connectivity index (χ1) is 10.2. The van der Waals surface area contributed by atoms with E-state index in [4.69, 9.17) is 4.74 Å². The van der Waals surface area contributed by atoms with Gasteiger partial charge in [-0.25, -0.2) is 0 Å². The Balaban J connectivity index is 1.85. The largest absolute Gasteiger partial charge is 0.366 e. The zero-order chi connectivity index (χ0) is 15.1. The van der Waals surface area contributed by atoms with Gasteiger partial charge < -0.3 is 10.1 Å². The lowest BCUT2D eigenvalue weighted by molar-refractivity contribution is -0.138. The van der Waals surface area contributed by atoms with Crippen LogP contribution in [-0.2, 0) is 9.53 Å². The van der Waals surface area contributed by atoms with Gasteiger partial charge in [0.05, 0.1) is 6.61 Å². The van der Waals surface area contributed by atoms with Gasteiger partial charge >= 0.3 is 0 Å². The molecule has 4 nitrogen and oxygen atoms in total. The van der Waals surface area contributed by atoms with Gasteiger partial charge in [0.2, 0.25) is 5.91 Å². The molecular formula is C17H26N2O2. The number of carbonyl (C=O) groups excluding carboxylic acids is 1. The van der Waals surface area contributed by atoms with E-state index in [1.165, 1.54) is 5.56 Å². The van der Waals surface area contributed by atoms with E-state index >= 15 is 0 Å². The van der Waals surface area contributed by atoms with Crippen molar-refractivity contribution in [3.8, 4) is 0 Å². The summed E-state index contributed by atoms with van der Waals surface area (Å²) in [5.41, 5.74) is 1.28. The molecule has 1 saturated heterocycles. The van der Waals surface area contributed by atoms with Crippen molar-refractivity contribution < 1.29 is 9.53 Å². The van der Waals surface area contributed by atoms with E-state index in [9.17, 15) is 4.79 Å². The van der Waals surface area contributed by atoms with Crippen molar-refractivity contribution in [2.45, 2.75) is 32.3 Å². The molecular weight excluding hydrogens is 264 g/mol. The smallest absolute Gasteiger partial charge is 0.250 e. The lowest BCUT2D eigenvalue weighted by Gasteiger charge is -2.31. The molecule has 2 atom stereocenters. The summed E-state index contributed by atoms with van der Waals surface area (Å²) in [6.07, 6.45) is 0.684. The molecule has 1 aromatic rings. The Kier molecular flexibility index (Phi) is 6.21. The van der Waals surface area contributed by atoms with Crippen LogP contribution in [0.5, 0.6) is 0 Å². The normalized spacial score (nSPS) is 21.0. The average molecular weight is 290 g/mol. The fraction of sp³-hybridized carbons (Fsp3) is 0.588. The van der Waals surface area contributed by atoms with Crippen LogP contribution in [0.2, 0.25) is 0 Å². The van der Waals surface area contributed by atoms with Crippen molar-refractivity contribution in [3.63, 3.8) is 0 Å². The first-order valence-corrected chi connectivity index (χ1v) is 7.91. The van der Waals surface area contributed by atoms with E-state index < -0.39 is 0 Å². The van der Waals surface area contributed by atoms with Crippen molar-refractivity contribution >= 4 is 5.91 Å². The molecule has 0 aromatic heterocycles. The van der Waals surface area contributed by atoms with Crippen LogP contribution in [0.25, 0.3) is 0 Å². The molecule has 2 rings (SSSR count). The highest BCUT2D eigenvalue weighted by Crippen LogP contribution is 2.18. The van der Waals surface area contributed by atoms with E-state index in [0.29, 0.717) is 25.6 Å². The van der Waals surface area contributed by atoms with Crippen LogP contribution in [0.1, 0.15) is 31.7 Å². The highest BCUT2D eigenvalue weighted by Gasteiger charge is 2.26. The number of morpholine rings is 1. The number of amides is 1. The molecule has 1 amide bonds. The molecule has 0 saturated carbocycles. The van der Waals surface area contributed by atoms with Crippen LogP contribution in [0.4, 0.5) is 0 Å². The van der Waals surface area contributed by atoms with E-state index in [2.05, 4.69) is 36.2 Å². The number of benzene rings is 1. The summed E-state index contributed by atoms with van der Waals surface area (Å²) in [6, 6.07) is 10.4. The highest BCUT2D eigenvalue weighted by atomic mass is 16.5. The predicted octanol–water partition coefficient (Wildman–Crippen LogP) is 2.02. The Morgan fingerprint density at radius 3 is 2.81 bits per heavy atom. The second-order valence-corrected chi connectivity index (χ2v) is 5.51. The summed E-state index contributed by atoms with van der Waals surface area (Å²) >= 11 is 0. The third kappa shape index (κ3) is 4.55. The van der Waals surface area contributed by atoms with Gasteiger partial charge in [0.1, 0.15) is 6.10 Å². The standard InChI is InChI=1S/C17H26N2O2/c1-3-14(15-8-6-5-7-9-15)12-18-17(20)16-13-19(4-2)10-11-21-16/h5-9,14,16H,3-4,10-13H2,1-2H3,(H,18,20)/t14-,16-/m1/s1. The second-order valence-electron chi connectivity index (χ2n) is 5.51. The number of hydrogen-bond donors (Lipinski definition) is 1. The second kappa shape index (κ2) is 8.15. The minimum Gasteiger partial charge on any atom is -0.366 e. The number of nitrogens with one attached hydrogen (secondary N) is 1. The molecule has 4 heteroatoms. The molecule has 1 aromatic carbocycles. The first-order valence-electron chi connectivity index (χ1n) is 7.91. The lowest BCUT2D eigenvalue weighted by Crippen LogP contribution is -2.50. The Morgan fingerprint density at radius 1 is 1.38 bits per heavy atom. The van der Waals surface area contributed by atoms with Gasteiger partial charge in [-0.3, -0.25) is 9.69 Å². The Morgan fingerprint density at radius 2 is 2.14 bits per heavy atom. The third-order valence-electron chi connectivity index (χ3n) is 4.18. The SMILES string of the molecule is CC[C@H](CNC(=O)[C@H]1CN(CC)CCO1)c1ccccc1. The van der Waals surface area contributed by atoms with Crippen LogP contribution in [0.3, 0.4) is 0 Å². The molecule has 1 fully saturated rings. The molecule has 1 aliphatic rings. The lowest BCUT2D eigenvalue weighted by atomic mass is 9.96. The summed E-state index contributed by atoms with van der Waals surface area (Å²) in [6.45, 7) is 8.16. The number of likely N-dealkylation sites (N-methyl/N-ethyl adjacent to an activating group) is 1. The maximum absolute atomic E-state index is 12.2. The van der Waals surface area contributed by atoms with Crippen LogP contribution in [-0.4, -0.2) is 49.7 Å². The van der Waals surface area contributed by atoms with Crippen LogP contribution >= 0.6 is 0 Å². The van der Waals surface area contributed by atoms with Crippen molar-refractivity contribution in [2.75, 3.05) is 32.8 Å². The maximum Gasteiger partial charge on any atom is 0.250 e. The summed E-state index contributed by atoms with van der Waals surface area (Å²) < 4.78 is 5.59. The van der Waals surface area contributed by atoms with E-state index in [1.807, 2.05) is 18.2 Å². The fourth-order valence-corrected chi connectivity index (χ4v) is 2.71. The molecule has 0 unspecified atom stereocenters. The molecule has 0 radical (unpaired) electrons. The van der Waals surface area contributed by atoms with E-state index in [-0.39, 0.29) is 12.0 Å².